The van der Waals surface area contributed by atoms with Gasteiger partial charge in [0.25, 0.3) is 0 Å². The van der Waals surface area contributed by atoms with Crippen LogP contribution in [0.1, 0.15) is 92.9 Å². The fraction of sp³-hybridized carbons (Fsp3) is 0.844. The van der Waals surface area contributed by atoms with E-state index in [1.54, 1.807) is 13.2 Å². The van der Waals surface area contributed by atoms with Crippen LogP contribution in [0, 0.1) is 11.8 Å². The standard InChI is InChI=1S/C32H60O7Si/c1-23(2)13-11-15-28(39-40(9,10)32(4,5)6)21-27-18-17-24(3)30(38-27)22-29(36-7)20-26(34)19-25(33)14-12-16-31(35)37-8/h11-12,15-16,23-30,33-34H,13-14,17-22H2,1-10H3/b15-11+,16-12+/t24-,25-,26-,27-,28-,29-,30+/m0/s1. The number of rotatable bonds is 17. The molecule has 0 aromatic rings. The minimum Gasteiger partial charge on any atom is -0.466 e. The van der Waals surface area contributed by atoms with E-state index in [0.717, 1.165) is 25.7 Å². The molecule has 7 nitrogen and oxygen atoms in total. The first-order chi connectivity index (χ1) is 18.6. The molecule has 0 spiro atoms. The van der Waals surface area contributed by atoms with Crippen LogP contribution in [0.4, 0.5) is 0 Å². The summed E-state index contributed by atoms with van der Waals surface area (Å²) in [5, 5.41) is 21.0. The summed E-state index contributed by atoms with van der Waals surface area (Å²) in [7, 11) is 1.03. The molecule has 0 radical (unpaired) electrons. The molecule has 1 fully saturated rings. The average Bonchev–Trinajstić information content (AvgIpc) is 2.84. The number of allylic oxidation sites excluding steroid dienone is 1. The molecule has 7 atom stereocenters. The van der Waals surface area contributed by atoms with Crippen LogP contribution < -0.4 is 0 Å². The van der Waals surface area contributed by atoms with Crippen LogP contribution in [0.3, 0.4) is 0 Å². The van der Waals surface area contributed by atoms with Crippen molar-refractivity contribution in [3.05, 3.63) is 24.3 Å². The van der Waals surface area contributed by atoms with Crippen molar-refractivity contribution >= 4 is 14.3 Å². The van der Waals surface area contributed by atoms with Gasteiger partial charge in [-0.05, 0) is 68.5 Å². The fourth-order valence-electron chi connectivity index (χ4n) is 4.78. The lowest BCUT2D eigenvalue weighted by Crippen LogP contribution is -2.45. The van der Waals surface area contributed by atoms with Crippen molar-refractivity contribution in [1.82, 2.24) is 0 Å². The highest BCUT2D eigenvalue weighted by atomic mass is 28.4. The average molecular weight is 585 g/mol. The molecule has 40 heavy (non-hydrogen) atoms. The zero-order chi connectivity index (χ0) is 30.5. The lowest BCUT2D eigenvalue weighted by Gasteiger charge is -2.41. The van der Waals surface area contributed by atoms with Gasteiger partial charge in [0, 0.05) is 26.0 Å². The third-order valence-electron chi connectivity index (χ3n) is 8.42. The molecule has 1 rings (SSSR count). The topological polar surface area (TPSA) is 94.5 Å². The highest BCUT2D eigenvalue weighted by molar-refractivity contribution is 6.74. The smallest absolute Gasteiger partial charge is 0.330 e. The van der Waals surface area contributed by atoms with E-state index in [4.69, 9.17) is 13.9 Å². The molecule has 0 aromatic heterocycles. The predicted octanol–water partition coefficient (Wildman–Crippen LogP) is 6.58. The number of hydrogen-bond acceptors (Lipinski definition) is 7. The molecule has 0 aliphatic carbocycles. The first-order valence-corrected chi connectivity index (χ1v) is 18.1. The van der Waals surface area contributed by atoms with Crippen LogP contribution in [0.2, 0.25) is 18.1 Å². The maximum atomic E-state index is 11.2. The highest BCUT2D eigenvalue weighted by Gasteiger charge is 2.40. The molecule has 2 N–H and O–H groups in total. The Bertz CT molecular complexity index is 774. The largest absolute Gasteiger partial charge is 0.466 e. The summed E-state index contributed by atoms with van der Waals surface area (Å²) in [5.74, 6) is 0.549. The van der Waals surface area contributed by atoms with Gasteiger partial charge in [0.1, 0.15) is 0 Å². The van der Waals surface area contributed by atoms with Crippen molar-refractivity contribution in [2.45, 2.75) is 148 Å². The van der Waals surface area contributed by atoms with Crippen molar-refractivity contribution in [3.8, 4) is 0 Å². The third-order valence-corrected chi connectivity index (χ3v) is 12.9. The lowest BCUT2D eigenvalue weighted by molar-refractivity contribution is -0.134. The summed E-state index contributed by atoms with van der Waals surface area (Å²) in [5.41, 5.74) is 0. The van der Waals surface area contributed by atoms with Crippen molar-refractivity contribution in [2.75, 3.05) is 14.2 Å². The van der Waals surface area contributed by atoms with Gasteiger partial charge < -0.3 is 28.8 Å². The van der Waals surface area contributed by atoms with E-state index in [1.807, 2.05) is 0 Å². The second kappa shape index (κ2) is 17.8. The molecule has 0 unspecified atom stereocenters. The first-order valence-electron chi connectivity index (χ1n) is 15.2. The summed E-state index contributed by atoms with van der Waals surface area (Å²) in [6.07, 6.45) is 11.5. The predicted molar refractivity (Wildman–Crippen MR) is 165 cm³/mol. The van der Waals surface area contributed by atoms with Gasteiger partial charge in [0.15, 0.2) is 8.32 Å². The Morgan fingerprint density at radius 3 is 2.27 bits per heavy atom. The number of carbonyl (C=O) groups is 1. The Labute approximate surface area is 245 Å². The van der Waals surface area contributed by atoms with Gasteiger partial charge in [-0.25, -0.2) is 4.79 Å². The van der Waals surface area contributed by atoms with Crippen molar-refractivity contribution < 1.29 is 33.6 Å². The van der Waals surface area contributed by atoms with E-state index in [-0.39, 0.29) is 42.3 Å². The van der Waals surface area contributed by atoms with Crippen LogP contribution >= 0.6 is 0 Å². The van der Waals surface area contributed by atoms with Crippen LogP contribution in [0.15, 0.2) is 24.3 Å². The number of carbonyl (C=O) groups excluding carboxylic acids is 1. The molecular formula is C32H60O7Si. The van der Waals surface area contributed by atoms with Crippen molar-refractivity contribution in [1.29, 1.82) is 0 Å². The summed E-state index contributed by atoms with van der Waals surface area (Å²) < 4.78 is 23.8. The molecule has 0 aromatic carbocycles. The number of methoxy groups -OCH3 is 2. The second-order valence-electron chi connectivity index (χ2n) is 13.6. The van der Waals surface area contributed by atoms with Crippen molar-refractivity contribution in [3.63, 3.8) is 0 Å². The lowest BCUT2D eigenvalue weighted by atomic mass is 9.87. The van der Waals surface area contributed by atoms with E-state index in [0.29, 0.717) is 24.7 Å². The van der Waals surface area contributed by atoms with Crippen LogP contribution in [0.25, 0.3) is 0 Å². The Balaban J connectivity index is 2.78. The molecule has 1 saturated heterocycles. The zero-order valence-electron chi connectivity index (χ0n) is 27.0. The maximum Gasteiger partial charge on any atom is 0.330 e. The molecule has 0 amide bonds. The van der Waals surface area contributed by atoms with E-state index in [9.17, 15) is 15.0 Å². The summed E-state index contributed by atoms with van der Waals surface area (Å²) in [6.45, 7) is 18.1. The van der Waals surface area contributed by atoms with Gasteiger partial charge in [0.2, 0.25) is 0 Å². The Morgan fingerprint density at radius 2 is 1.70 bits per heavy atom. The molecule has 1 heterocycles. The molecule has 0 bridgehead atoms. The molecule has 0 saturated carbocycles. The number of esters is 1. The number of aliphatic hydroxyl groups excluding tert-OH is 2. The molecule has 1 aliphatic rings. The Morgan fingerprint density at radius 1 is 1.02 bits per heavy atom. The number of hydrogen-bond donors (Lipinski definition) is 2. The summed E-state index contributed by atoms with van der Waals surface area (Å²) >= 11 is 0. The molecular weight excluding hydrogens is 524 g/mol. The van der Waals surface area contributed by atoms with Gasteiger partial charge in [-0.3, -0.25) is 0 Å². The van der Waals surface area contributed by atoms with Crippen LogP contribution in [-0.4, -0.2) is 75.3 Å². The number of aliphatic hydroxyl groups is 2. The van der Waals surface area contributed by atoms with E-state index in [2.05, 4.69) is 71.5 Å². The SMILES string of the molecule is COC(=O)/C=C/C[C@H](O)C[C@H](O)C[C@@H](C[C@H]1O[C@H](C[C@H](/C=C/CC(C)C)O[Si](C)(C)C(C)(C)C)CC[C@@H]1C)OC. The Kier molecular flexibility index (Phi) is 16.5. The minimum atomic E-state index is -1.94. The first kappa shape index (κ1) is 37.0. The Hall–Kier alpha value is -1.03. The molecule has 234 valence electrons. The van der Waals surface area contributed by atoms with E-state index < -0.39 is 26.5 Å². The number of ether oxygens (including phenoxy) is 3. The fourth-order valence-corrected chi connectivity index (χ4v) is 6.06. The van der Waals surface area contributed by atoms with Crippen LogP contribution in [0.5, 0.6) is 0 Å². The van der Waals surface area contributed by atoms with Gasteiger partial charge in [0.05, 0.1) is 43.7 Å². The monoisotopic (exact) mass is 584 g/mol. The summed E-state index contributed by atoms with van der Waals surface area (Å²) in [4.78, 5) is 11.2. The highest BCUT2D eigenvalue weighted by Crippen LogP contribution is 2.39. The molecule has 8 heteroatoms. The van der Waals surface area contributed by atoms with Gasteiger partial charge in [-0.1, -0.05) is 59.8 Å². The summed E-state index contributed by atoms with van der Waals surface area (Å²) in [6, 6.07) is 0. The quantitative estimate of drug-likeness (QED) is 0.0863. The van der Waals surface area contributed by atoms with Crippen molar-refractivity contribution in [2.24, 2.45) is 11.8 Å². The zero-order valence-corrected chi connectivity index (χ0v) is 28.0. The third kappa shape index (κ3) is 14.2. The minimum absolute atomic E-state index is 0.0356. The maximum absolute atomic E-state index is 11.2. The van der Waals surface area contributed by atoms with Gasteiger partial charge >= 0.3 is 5.97 Å². The van der Waals surface area contributed by atoms with Gasteiger partial charge in [-0.15, -0.1) is 0 Å². The normalized spacial score (nSPS) is 24.0. The van der Waals surface area contributed by atoms with E-state index in [1.165, 1.54) is 13.2 Å². The van der Waals surface area contributed by atoms with E-state index >= 15 is 0 Å². The second-order valence-corrected chi connectivity index (χ2v) is 18.4. The van der Waals surface area contributed by atoms with Gasteiger partial charge in [-0.2, -0.15) is 0 Å². The van der Waals surface area contributed by atoms with Crippen LogP contribution in [-0.2, 0) is 23.4 Å². The molecule has 1 aliphatic heterocycles.